The minimum absolute atomic E-state index is 0.0528. The van der Waals surface area contributed by atoms with E-state index < -0.39 is 27.5 Å². The first-order chi connectivity index (χ1) is 9.79. The van der Waals surface area contributed by atoms with Gasteiger partial charge >= 0.3 is 0 Å². The van der Waals surface area contributed by atoms with Crippen molar-refractivity contribution in [3.05, 3.63) is 63.9 Å². The summed E-state index contributed by atoms with van der Waals surface area (Å²) in [4.78, 5) is -0.0528. The molecule has 0 saturated carbocycles. The van der Waals surface area contributed by atoms with Gasteiger partial charge in [-0.1, -0.05) is 29.3 Å². The first-order valence-electron chi connectivity index (χ1n) is 5.91. The quantitative estimate of drug-likeness (QED) is 0.858. The van der Waals surface area contributed by atoms with Crippen LogP contribution in [0.15, 0.2) is 47.4 Å². The molecule has 0 radical (unpaired) electrons. The Morgan fingerprint density at radius 2 is 1.67 bits per heavy atom. The molecule has 0 spiro atoms. The second-order valence-corrected chi connectivity index (χ2v) is 7.27. The van der Waals surface area contributed by atoms with E-state index in [9.17, 15) is 17.9 Å². The van der Waals surface area contributed by atoms with Crippen molar-refractivity contribution >= 4 is 33.0 Å². The maximum Gasteiger partial charge on any atom is 0.181 e. The van der Waals surface area contributed by atoms with Crippen molar-refractivity contribution in [2.24, 2.45) is 0 Å². The summed E-state index contributed by atoms with van der Waals surface area (Å²) in [5, 5.41) is 10.6. The average Bonchev–Trinajstić information content (AvgIpc) is 2.41. The highest BCUT2D eigenvalue weighted by molar-refractivity contribution is 7.91. The zero-order chi connectivity index (χ0) is 15.6. The van der Waals surface area contributed by atoms with Crippen molar-refractivity contribution in [2.45, 2.75) is 11.0 Å². The van der Waals surface area contributed by atoms with E-state index in [-0.39, 0.29) is 9.92 Å². The molecule has 1 atom stereocenters. The van der Waals surface area contributed by atoms with Gasteiger partial charge in [0.1, 0.15) is 5.82 Å². The molecule has 0 fully saturated rings. The molecule has 21 heavy (non-hydrogen) atoms. The zero-order valence-electron chi connectivity index (χ0n) is 10.6. The summed E-state index contributed by atoms with van der Waals surface area (Å²) < 4.78 is 37.1. The van der Waals surface area contributed by atoms with Gasteiger partial charge < -0.3 is 5.11 Å². The van der Waals surface area contributed by atoms with E-state index in [1.54, 1.807) is 0 Å². The maximum absolute atomic E-state index is 12.8. The molecule has 0 amide bonds. The Morgan fingerprint density at radius 3 is 2.24 bits per heavy atom. The van der Waals surface area contributed by atoms with Crippen molar-refractivity contribution in [3.8, 4) is 0 Å². The molecule has 2 aromatic rings. The molecule has 0 unspecified atom stereocenters. The van der Waals surface area contributed by atoms with Gasteiger partial charge in [0, 0.05) is 0 Å². The Kier molecular flexibility index (Phi) is 4.88. The standard InChI is InChI=1S/C14H11Cl2FO3S/c15-12-6-1-9(7-13(12)16)14(18)8-21(19,20)11-4-2-10(17)3-5-11/h1-7,14,18H,8H2/t14-/m0/s1. The zero-order valence-corrected chi connectivity index (χ0v) is 13.0. The van der Waals surface area contributed by atoms with Crippen molar-refractivity contribution in [1.82, 2.24) is 0 Å². The third-order valence-electron chi connectivity index (χ3n) is 2.88. The molecule has 0 bridgehead atoms. The second-order valence-electron chi connectivity index (χ2n) is 4.42. The molecule has 7 heteroatoms. The maximum atomic E-state index is 12.8. The van der Waals surface area contributed by atoms with Crippen LogP contribution in [0.2, 0.25) is 10.0 Å². The summed E-state index contributed by atoms with van der Waals surface area (Å²) >= 11 is 11.6. The SMILES string of the molecule is O=S(=O)(C[C@H](O)c1ccc(Cl)c(Cl)c1)c1ccc(F)cc1. The number of hydrogen-bond donors (Lipinski definition) is 1. The monoisotopic (exact) mass is 348 g/mol. The molecular formula is C14H11Cl2FO3S. The van der Waals surface area contributed by atoms with Gasteiger partial charge in [-0.2, -0.15) is 0 Å². The number of halogens is 3. The number of sulfone groups is 1. The van der Waals surface area contributed by atoms with Gasteiger partial charge in [-0.3, -0.25) is 0 Å². The lowest BCUT2D eigenvalue weighted by Gasteiger charge is -2.12. The number of hydrogen-bond acceptors (Lipinski definition) is 3. The first-order valence-corrected chi connectivity index (χ1v) is 8.32. The predicted molar refractivity (Wildman–Crippen MR) is 79.9 cm³/mol. The summed E-state index contributed by atoms with van der Waals surface area (Å²) in [5.74, 6) is -1.06. The third-order valence-corrected chi connectivity index (χ3v) is 5.36. The van der Waals surface area contributed by atoms with Gasteiger partial charge in [0.25, 0.3) is 0 Å². The van der Waals surface area contributed by atoms with Crippen LogP contribution in [0.25, 0.3) is 0 Å². The third kappa shape index (κ3) is 3.95. The molecule has 2 aromatic carbocycles. The lowest BCUT2D eigenvalue weighted by atomic mass is 10.1. The second kappa shape index (κ2) is 6.32. The van der Waals surface area contributed by atoms with E-state index in [2.05, 4.69) is 0 Å². The summed E-state index contributed by atoms with van der Waals surface area (Å²) in [6.45, 7) is 0. The van der Waals surface area contributed by atoms with Crippen molar-refractivity contribution in [2.75, 3.05) is 5.75 Å². The minimum atomic E-state index is -3.74. The van der Waals surface area contributed by atoms with Crippen molar-refractivity contribution < 1.29 is 17.9 Å². The van der Waals surface area contributed by atoms with E-state index in [0.717, 1.165) is 24.3 Å². The molecule has 3 nitrogen and oxygen atoms in total. The topological polar surface area (TPSA) is 54.4 Å². The average molecular weight is 349 g/mol. The molecule has 1 N–H and O–H groups in total. The number of aliphatic hydroxyl groups excluding tert-OH is 1. The largest absolute Gasteiger partial charge is 0.387 e. The summed E-state index contributed by atoms with van der Waals surface area (Å²) in [6, 6.07) is 8.82. The van der Waals surface area contributed by atoms with Crippen LogP contribution in [-0.4, -0.2) is 19.3 Å². The molecule has 0 aliphatic heterocycles. The van der Waals surface area contributed by atoms with E-state index in [1.807, 2.05) is 0 Å². The fourth-order valence-corrected chi connectivity index (χ4v) is 3.42. The van der Waals surface area contributed by atoms with Crippen LogP contribution in [0.1, 0.15) is 11.7 Å². The number of benzene rings is 2. The number of rotatable bonds is 4. The number of aliphatic hydroxyl groups is 1. The van der Waals surface area contributed by atoms with Crippen LogP contribution < -0.4 is 0 Å². The van der Waals surface area contributed by atoms with Gasteiger partial charge in [-0.05, 0) is 42.0 Å². The smallest absolute Gasteiger partial charge is 0.181 e. The highest BCUT2D eigenvalue weighted by atomic mass is 35.5. The van der Waals surface area contributed by atoms with Gasteiger partial charge in [-0.15, -0.1) is 0 Å². The Balaban J connectivity index is 2.23. The molecule has 0 aliphatic carbocycles. The van der Waals surface area contributed by atoms with E-state index >= 15 is 0 Å². The van der Waals surface area contributed by atoms with Crippen LogP contribution in [0.5, 0.6) is 0 Å². The normalized spacial score (nSPS) is 13.1. The predicted octanol–water partition coefficient (Wildman–Crippen LogP) is 3.64. The van der Waals surface area contributed by atoms with Crippen molar-refractivity contribution in [3.63, 3.8) is 0 Å². The van der Waals surface area contributed by atoms with Crippen LogP contribution in [0, 0.1) is 5.82 Å². The Bertz CT molecular complexity index is 745. The fraction of sp³-hybridized carbons (Fsp3) is 0.143. The summed E-state index contributed by atoms with van der Waals surface area (Å²) in [7, 11) is -3.74. The molecule has 112 valence electrons. The molecule has 0 aliphatic rings. The summed E-state index contributed by atoms with van der Waals surface area (Å²) in [6.07, 6.45) is -1.25. The molecule has 0 aromatic heterocycles. The van der Waals surface area contributed by atoms with Gasteiger partial charge in [0.2, 0.25) is 0 Å². The first kappa shape index (κ1) is 16.2. The Hall–Kier alpha value is -1.14. The molecular weight excluding hydrogens is 338 g/mol. The molecule has 2 rings (SSSR count). The van der Waals surface area contributed by atoms with E-state index in [4.69, 9.17) is 23.2 Å². The van der Waals surface area contributed by atoms with E-state index in [1.165, 1.54) is 18.2 Å². The van der Waals surface area contributed by atoms with Crippen LogP contribution in [-0.2, 0) is 9.84 Å². The Labute approximate surface area is 131 Å². The van der Waals surface area contributed by atoms with Crippen LogP contribution >= 0.6 is 23.2 Å². The fourth-order valence-electron chi connectivity index (χ4n) is 1.76. The molecule has 0 heterocycles. The van der Waals surface area contributed by atoms with Crippen molar-refractivity contribution in [1.29, 1.82) is 0 Å². The van der Waals surface area contributed by atoms with Crippen LogP contribution in [0.3, 0.4) is 0 Å². The Morgan fingerprint density at radius 1 is 1.05 bits per heavy atom. The minimum Gasteiger partial charge on any atom is -0.387 e. The van der Waals surface area contributed by atoms with Gasteiger partial charge in [0.05, 0.1) is 26.8 Å². The lowest BCUT2D eigenvalue weighted by molar-refractivity contribution is 0.201. The van der Waals surface area contributed by atoms with Gasteiger partial charge in [-0.25, -0.2) is 12.8 Å². The lowest BCUT2D eigenvalue weighted by Crippen LogP contribution is -2.14. The van der Waals surface area contributed by atoms with Gasteiger partial charge in [0.15, 0.2) is 9.84 Å². The van der Waals surface area contributed by atoms with Crippen LogP contribution in [0.4, 0.5) is 4.39 Å². The molecule has 0 saturated heterocycles. The highest BCUT2D eigenvalue weighted by Crippen LogP contribution is 2.27. The van der Waals surface area contributed by atoms with E-state index in [0.29, 0.717) is 10.6 Å². The highest BCUT2D eigenvalue weighted by Gasteiger charge is 2.21. The summed E-state index contributed by atoms with van der Waals surface area (Å²) in [5.41, 5.74) is 0.343.